The topological polar surface area (TPSA) is 91.4 Å². The summed E-state index contributed by atoms with van der Waals surface area (Å²) in [4.78, 5) is 43.3. The third-order valence-corrected chi connectivity index (χ3v) is 6.34. The maximum absolute atomic E-state index is 13.0. The number of piperidine rings is 2. The molecule has 3 heterocycles. The van der Waals surface area contributed by atoms with Crippen LogP contribution in [0.4, 0.5) is 5.69 Å². The Bertz CT molecular complexity index is 936. The number of likely N-dealkylation sites (tertiary alicyclic amines) is 1. The van der Waals surface area contributed by atoms with Crippen molar-refractivity contribution < 1.29 is 14.4 Å². The van der Waals surface area contributed by atoms with Gasteiger partial charge in [0.1, 0.15) is 0 Å². The first-order valence-electron chi connectivity index (χ1n) is 10.7. The lowest BCUT2D eigenvalue weighted by atomic mass is 9.81. The molecule has 1 aromatic heterocycles. The highest BCUT2D eigenvalue weighted by molar-refractivity contribution is 6.39. The third-order valence-electron chi connectivity index (χ3n) is 6.34. The summed E-state index contributed by atoms with van der Waals surface area (Å²) < 4.78 is 0. The molecular weight excluding hydrogens is 380 g/mol. The minimum absolute atomic E-state index is 0.0308. The van der Waals surface area contributed by atoms with Gasteiger partial charge in [0, 0.05) is 24.6 Å². The van der Waals surface area contributed by atoms with E-state index in [0.29, 0.717) is 18.7 Å². The van der Waals surface area contributed by atoms with Gasteiger partial charge in [-0.05, 0) is 56.7 Å². The predicted molar refractivity (Wildman–Crippen MR) is 114 cm³/mol. The van der Waals surface area contributed by atoms with Gasteiger partial charge in [0.05, 0.1) is 24.0 Å². The maximum Gasteiger partial charge on any atom is 0.313 e. The van der Waals surface area contributed by atoms with Crippen LogP contribution in [0.5, 0.6) is 0 Å². The number of aryl methyl sites for hydroxylation is 2. The monoisotopic (exact) mass is 408 g/mol. The molecule has 2 N–H and O–H groups in total. The molecule has 7 heteroatoms. The Kier molecular flexibility index (Phi) is 5.70. The molecule has 3 amide bonds. The number of hydrogen-bond acceptors (Lipinski definition) is 4. The molecule has 0 saturated carbocycles. The van der Waals surface area contributed by atoms with Crippen LogP contribution in [0, 0.1) is 19.8 Å². The fourth-order valence-electron chi connectivity index (χ4n) is 4.51. The van der Waals surface area contributed by atoms with Crippen LogP contribution >= 0.6 is 0 Å². The van der Waals surface area contributed by atoms with Crippen molar-refractivity contribution in [1.29, 1.82) is 0 Å². The SMILES string of the molecule is Cc1cc(NC(=O)C(=O)N2CCCC[C@H]2C2=CC3CCC(=O)NC3C=C2)cnc1C. The molecule has 158 valence electrons. The van der Waals surface area contributed by atoms with Crippen LogP contribution in [-0.4, -0.2) is 46.2 Å². The molecule has 3 atom stereocenters. The number of anilines is 1. The van der Waals surface area contributed by atoms with Crippen LogP contribution in [0.25, 0.3) is 0 Å². The van der Waals surface area contributed by atoms with Crippen LogP contribution in [-0.2, 0) is 14.4 Å². The van der Waals surface area contributed by atoms with Gasteiger partial charge in [-0.3, -0.25) is 19.4 Å². The molecule has 0 spiro atoms. The van der Waals surface area contributed by atoms with Crippen LogP contribution in [0.15, 0.2) is 36.1 Å². The number of carbonyl (C=O) groups is 3. The number of pyridine rings is 1. The molecule has 1 aliphatic carbocycles. The normalized spacial score (nSPS) is 25.8. The van der Waals surface area contributed by atoms with Gasteiger partial charge in [0.2, 0.25) is 5.91 Å². The summed E-state index contributed by atoms with van der Waals surface area (Å²) in [5.74, 6) is -0.803. The predicted octanol–water partition coefficient (Wildman–Crippen LogP) is 2.41. The van der Waals surface area contributed by atoms with Crippen LogP contribution in [0.2, 0.25) is 0 Å². The molecule has 7 nitrogen and oxygen atoms in total. The summed E-state index contributed by atoms with van der Waals surface area (Å²) >= 11 is 0. The summed E-state index contributed by atoms with van der Waals surface area (Å²) in [7, 11) is 0. The maximum atomic E-state index is 13.0. The van der Waals surface area contributed by atoms with Crippen molar-refractivity contribution in [3.8, 4) is 0 Å². The fourth-order valence-corrected chi connectivity index (χ4v) is 4.51. The Hall–Kier alpha value is -2.96. The number of nitrogens with one attached hydrogen (secondary N) is 2. The number of hydrogen-bond donors (Lipinski definition) is 2. The smallest absolute Gasteiger partial charge is 0.313 e. The van der Waals surface area contributed by atoms with E-state index in [4.69, 9.17) is 0 Å². The fraction of sp³-hybridized carbons (Fsp3) is 0.478. The van der Waals surface area contributed by atoms with E-state index in [9.17, 15) is 14.4 Å². The highest BCUT2D eigenvalue weighted by Crippen LogP contribution is 2.31. The lowest BCUT2D eigenvalue weighted by molar-refractivity contribution is -0.145. The van der Waals surface area contributed by atoms with Crippen molar-refractivity contribution in [2.75, 3.05) is 11.9 Å². The first kappa shape index (κ1) is 20.3. The van der Waals surface area contributed by atoms with Gasteiger partial charge in [-0.2, -0.15) is 0 Å². The van der Waals surface area contributed by atoms with E-state index in [2.05, 4.69) is 21.7 Å². The molecule has 3 aliphatic rings. The Labute approximate surface area is 176 Å². The van der Waals surface area contributed by atoms with Crippen molar-refractivity contribution in [3.63, 3.8) is 0 Å². The number of fused-ring (bicyclic) bond motifs is 1. The zero-order valence-corrected chi connectivity index (χ0v) is 17.5. The van der Waals surface area contributed by atoms with Gasteiger partial charge in [0.15, 0.2) is 0 Å². The molecule has 2 fully saturated rings. The summed E-state index contributed by atoms with van der Waals surface area (Å²) in [6.45, 7) is 4.39. The summed E-state index contributed by atoms with van der Waals surface area (Å²) in [5.41, 5.74) is 3.45. The van der Waals surface area contributed by atoms with E-state index < -0.39 is 11.8 Å². The molecule has 2 saturated heterocycles. The second-order valence-electron chi connectivity index (χ2n) is 8.41. The quantitative estimate of drug-likeness (QED) is 0.735. The van der Waals surface area contributed by atoms with Gasteiger partial charge in [-0.1, -0.05) is 18.2 Å². The molecule has 0 radical (unpaired) electrons. The Morgan fingerprint density at radius 2 is 2.07 bits per heavy atom. The summed E-state index contributed by atoms with van der Waals surface area (Å²) in [6, 6.07) is 1.75. The number of amides is 3. The Morgan fingerprint density at radius 1 is 1.23 bits per heavy atom. The molecule has 4 rings (SSSR count). The van der Waals surface area contributed by atoms with Crippen molar-refractivity contribution >= 4 is 23.4 Å². The van der Waals surface area contributed by atoms with E-state index >= 15 is 0 Å². The highest BCUT2D eigenvalue weighted by atomic mass is 16.2. The van der Waals surface area contributed by atoms with Gasteiger partial charge >= 0.3 is 11.8 Å². The minimum atomic E-state index is -0.629. The van der Waals surface area contributed by atoms with Crippen molar-refractivity contribution in [2.24, 2.45) is 5.92 Å². The number of rotatable bonds is 2. The van der Waals surface area contributed by atoms with E-state index in [1.165, 1.54) is 0 Å². The molecule has 0 bridgehead atoms. The van der Waals surface area contributed by atoms with Crippen LogP contribution in [0.3, 0.4) is 0 Å². The van der Waals surface area contributed by atoms with E-state index in [-0.39, 0.29) is 23.9 Å². The molecule has 1 aromatic rings. The van der Waals surface area contributed by atoms with E-state index in [1.54, 1.807) is 11.1 Å². The summed E-state index contributed by atoms with van der Waals surface area (Å²) in [5, 5.41) is 5.71. The lowest BCUT2D eigenvalue weighted by Crippen LogP contribution is -2.50. The lowest BCUT2D eigenvalue weighted by Gasteiger charge is -2.39. The number of nitrogens with zero attached hydrogens (tertiary/aromatic N) is 2. The molecule has 0 aromatic carbocycles. The molecular formula is C23H28N4O3. The zero-order valence-electron chi connectivity index (χ0n) is 17.5. The average Bonchev–Trinajstić information content (AvgIpc) is 2.75. The number of aromatic nitrogens is 1. The van der Waals surface area contributed by atoms with Gasteiger partial charge in [0.25, 0.3) is 0 Å². The van der Waals surface area contributed by atoms with E-state index in [0.717, 1.165) is 42.5 Å². The van der Waals surface area contributed by atoms with Gasteiger partial charge in [-0.25, -0.2) is 0 Å². The Balaban J connectivity index is 1.48. The summed E-state index contributed by atoms with van der Waals surface area (Å²) in [6.07, 6.45) is 11.9. The third kappa shape index (κ3) is 4.15. The van der Waals surface area contributed by atoms with E-state index in [1.807, 2.05) is 32.1 Å². The molecule has 2 unspecified atom stereocenters. The molecule has 2 aliphatic heterocycles. The molecule has 30 heavy (non-hydrogen) atoms. The second-order valence-corrected chi connectivity index (χ2v) is 8.41. The average molecular weight is 409 g/mol. The van der Waals surface area contributed by atoms with Crippen LogP contribution < -0.4 is 10.6 Å². The number of carbonyl (C=O) groups excluding carboxylic acids is 3. The minimum Gasteiger partial charge on any atom is -0.349 e. The van der Waals surface area contributed by atoms with Crippen molar-refractivity contribution in [1.82, 2.24) is 15.2 Å². The zero-order chi connectivity index (χ0) is 21.3. The standard InChI is InChI=1S/C23H28N4O3/c1-14-11-18(13-24-15(14)2)25-22(29)23(30)27-10-4-3-5-20(27)17-6-8-19-16(12-17)7-9-21(28)26-19/h6,8,11-13,16,19-20H,3-5,7,9-10H2,1-2H3,(H,25,29)(H,26,28)/t16?,19?,20-/m0/s1. The Morgan fingerprint density at radius 3 is 2.87 bits per heavy atom. The van der Waals surface area contributed by atoms with Gasteiger partial charge < -0.3 is 15.5 Å². The van der Waals surface area contributed by atoms with Crippen LogP contribution in [0.1, 0.15) is 43.4 Å². The largest absolute Gasteiger partial charge is 0.349 e. The highest BCUT2D eigenvalue weighted by Gasteiger charge is 2.35. The second kappa shape index (κ2) is 8.42. The van der Waals surface area contributed by atoms with Gasteiger partial charge in [-0.15, -0.1) is 0 Å². The first-order valence-corrected chi connectivity index (χ1v) is 10.7. The van der Waals surface area contributed by atoms with Crippen molar-refractivity contribution in [3.05, 3.63) is 47.3 Å². The first-order chi connectivity index (χ1) is 14.4. The van der Waals surface area contributed by atoms with Crippen molar-refractivity contribution in [2.45, 2.75) is 58.0 Å².